The second kappa shape index (κ2) is 5.74. The van der Waals surface area contributed by atoms with Gasteiger partial charge in [-0.05, 0) is 12.1 Å². The molecule has 0 fully saturated rings. The van der Waals surface area contributed by atoms with Gasteiger partial charge in [0, 0.05) is 11.3 Å². The Morgan fingerprint density at radius 2 is 1.94 bits per heavy atom. The van der Waals surface area contributed by atoms with Crippen LogP contribution in [0.5, 0.6) is 11.1 Å². The third-order valence-corrected chi connectivity index (χ3v) is 4.36. The summed E-state index contributed by atoms with van der Waals surface area (Å²) in [6, 6.07) is 0. The average Bonchev–Trinajstić information content (AvgIpc) is 2.30. The predicted octanol–water partition coefficient (Wildman–Crippen LogP) is 1.32. The molecule has 0 atom stereocenters. The van der Waals surface area contributed by atoms with E-state index in [2.05, 4.69) is 6.92 Å². The van der Waals surface area contributed by atoms with Gasteiger partial charge < -0.3 is 19.6 Å². The monoisotopic (exact) mass is 241 g/mol. The first-order valence-corrected chi connectivity index (χ1v) is 6.75. The molecule has 0 aliphatic heterocycles. The molecule has 0 unspecified atom stereocenters. The Kier molecular flexibility index (Phi) is 4.61. The highest BCUT2D eigenvalue weighted by molar-refractivity contribution is 6.51. The van der Waals surface area contributed by atoms with Gasteiger partial charge >= 0.3 is 8.64 Å². The minimum Gasteiger partial charge on any atom is -0.548 e. The molecule has 2 N–H and O–H groups in total. The molecule has 1 rings (SSSR count). The zero-order valence-corrected chi connectivity index (χ0v) is 11.3. The number of nitrogens with two attached hydrogens (primary N) is 1. The molecular weight excluding hydrogens is 222 g/mol. The maximum absolute atomic E-state index is 6.01. The molecule has 1 aromatic rings. The highest BCUT2D eigenvalue weighted by Gasteiger charge is 2.19. The van der Waals surface area contributed by atoms with E-state index in [4.69, 9.17) is 19.6 Å². The second-order valence-electron chi connectivity index (χ2n) is 3.46. The molecule has 0 saturated carbocycles. The largest absolute Gasteiger partial charge is 0.548 e. The van der Waals surface area contributed by atoms with Crippen molar-refractivity contribution in [2.45, 2.75) is 19.8 Å². The highest BCUT2D eigenvalue weighted by Crippen LogP contribution is 2.34. The Morgan fingerprint density at radius 1 is 1.25 bits per heavy atom. The van der Waals surface area contributed by atoms with Crippen LogP contribution in [0.15, 0.2) is 5.68 Å². The lowest BCUT2D eigenvalue weighted by atomic mass is 10.1. The summed E-state index contributed by atoms with van der Waals surface area (Å²) < 4.78 is 16.2. The van der Waals surface area contributed by atoms with Crippen molar-refractivity contribution in [3.05, 3.63) is 11.2 Å². The Hall–Kier alpha value is -1.23. The molecule has 0 spiro atoms. The first-order valence-electron chi connectivity index (χ1n) is 5.26. The molecular formula is C11H19NO3Si. The van der Waals surface area contributed by atoms with Gasteiger partial charge in [0.1, 0.15) is 0 Å². The van der Waals surface area contributed by atoms with E-state index in [0.29, 0.717) is 0 Å². The number of hydrogen-bond donors (Lipinski definition) is 1. The molecule has 1 heterocycles. The third kappa shape index (κ3) is 2.29. The highest BCUT2D eigenvalue weighted by atomic mass is 28.3. The van der Waals surface area contributed by atoms with Gasteiger partial charge in [0.15, 0.2) is 11.1 Å². The van der Waals surface area contributed by atoms with E-state index < -0.39 is 8.64 Å². The first-order chi connectivity index (χ1) is 7.69. The van der Waals surface area contributed by atoms with Gasteiger partial charge in [-0.15, -0.1) is 0 Å². The Morgan fingerprint density at radius 3 is 2.38 bits per heavy atom. The standard InChI is InChI=1S/C11H19NO3Si/c1-5-6-8-9(12)7-16(15-4)11(14-3)10(8)13-2/h7H,5-6,12H2,1-4H3. The van der Waals surface area contributed by atoms with Gasteiger partial charge in [-0.25, -0.2) is 0 Å². The molecule has 0 bridgehead atoms. The van der Waals surface area contributed by atoms with E-state index in [1.165, 1.54) is 0 Å². The Labute approximate surface area is 98.0 Å². The first kappa shape index (κ1) is 12.8. The van der Waals surface area contributed by atoms with Crippen molar-refractivity contribution in [3.8, 4) is 11.1 Å². The third-order valence-electron chi connectivity index (χ3n) is 2.47. The van der Waals surface area contributed by atoms with E-state index in [1.54, 1.807) is 21.3 Å². The van der Waals surface area contributed by atoms with Gasteiger partial charge in [0.05, 0.1) is 21.3 Å². The quantitative estimate of drug-likeness (QED) is 0.790. The molecule has 0 amide bonds. The minimum atomic E-state index is -1.31. The summed E-state index contributed by atoms with van der Waals surface area (Å²) in [6.45, 7) is 2.11. The van der Waals surface area contributed by atoms with Crippen LogP contribution in [0.1, 0.15) is 18.9 Å². The van der Waals surface area contributed by atoms with Crippen molar-refractivity contribution in [1.29, 1.82) is 0 Å². The van der Waals surface area contributed by atoms with E-state index in [0.717, 1.165) is 35.2 Å². The Balaban J connectivity index is 3.38. The fourth-order valence-electron chi connectivity index (χ4n) is 1.74. The molecule has 90 valence electrons. The van der Waals surface area contributed by atoms with Gasteiger partial charge in [0.25, 0.3) is 0 Å². The lowest BCUT2D eigenvalue weighted by Crippen LogP contribution is -2.15. The van der Waals surface area contributed by atoms with Crippen LogP contribution in [0.2, 0.25) is 0 Å². The summed E-state index contributed by atoms with van der Waals surface area (Å²) in [6.07, 6.45) is 1.90. The molecule has 1 aromatic heterocycles. The van der Waals surface area contributed by atoms with Crippen LogP contribution in [0.25, 0.3) is 0 Å². The summed E-state index contributed by atoms with van der Waals surface area (Å²) >= 11 is 0. The van der Waals surface area contributed by atoms with Crippen molar-refractivity contribution in [2.24, 2.45) is 0 Å². The molecule has 5 heteroatoms. The average molecular weight is 241 g/mol. The summed E-state index contributed by atoms with van der Waals surface area (Å²) in [5, 5.41) is 0.785. The molecule has 0 aromatic carbocycles. The van der Waals surface area contributed by atoms with Gasteiger partial charge in [-0.3, -0.25) is 0 Å². The van der Waals surface area contributed by atoms with Crippen LogP contribution in [-0.2, 0) is 6.42 Å². The summed E-state index contributed by atoms with van der Waals surface area (Å²) in [4.78, 5) is 0. The predicted molar refractivity (Wildman–Crippen MR) is 66.4 cm³/mol. The lowest BCUT2D eigenvalue weighted by Gasteiger charge is -2.17. The van der Waals surface area contributed by atoms with Gasteiger partial charge in [-0.2, -0.15) is 0 Å². The van der Waals surface area contributed by atoms with Gasteiger partial charge in [-0.1, -0.05) is 13.3 Å². The Bertz CT molecular complexity index is 369. The minimum absolute atomic E-state index is 0.750. The molecule has 16 heavy (non-hydrogen) atoms. The number of ether oxygens (including phenoxy) is 2. The smallest absolute Gasteiger partial charge is 0.314 e. The number of rotatable bonds is 5. The second-order valence-corrected chi connectivity index (χ2v) is 5.34. The van der Waals surface area contributed by atoms with Crippen molar-refractivity contribution in [1.82, 2.24) is 0 Å². The van der Waals surface area contributed by atoms with E-state index in [-0.39, 0.29) is 0 Å². The zero-order chi connectivity index (χ0) is 12.1. The maximum atomic E-state index is 6.01. The normalized spacial score (nSPS) is 10.0. The van der Waals surface area contributed by atoms with Gasteiger partial charge in [0.2, 0.25) is 0 Å². The number of anilines is 1. The molecule has 0 aliphatic carbocycles. The van der Waals surface area contributed by atoms with Crippen molar-refractivity contribution >= 4 is 14.3 Å². The van der Waals surface area contributed by atoms with Crippen LogP contribution in [0.4, 0.5) is 5.69 Å². The fraction of sp³-hybridized carbons (Fsp3) is 0.545. The molecule has 0 saturated heterocycles. The molecule has 4 nitrogen and oxygen atoms in total. The number of hydrogen-bond acceptors (Lipinski definition) is 4. The van der Waals surface area contributed by atoms with Crippen molar-refractivity contribution < 1.29 is 13.9 Å². The lowest BCUT2D eigenvalue weighted by molar-refractivity contribution is 0.352. The number of nitrogen functional groups attached to an aromatic ring is 1. The SMILES string of the molecule is CCCc1c(N)c[si](OC)c(OC)c1OC. The maximum Gasteiger partial charge on any atom is 0.314 e. The van der Waals surface area contributed by atoms with Crippen LogP contribution >= 0.6 is 0 Å². The van der Waals surface area contributed by atoms with Crippen molar-refractivity contribution in [3.63, 3.8) is 0 Å². The molecule has 0 radical (unpaired) electrons. The van der Waals surface area contributed by atoms with Crippen LogP contribution in [0, 0.1) is 0 Å². The summed E-state index contributed by atoms with van der Waals surface area (Å²) in [5.41, 5.74) is 9.75. The van der Waals surface area contributed by atoms with Crippen LogP contribution < -0.4 is 19.6 Å². The summed E-state index contributed by atoms with van der Waals surface area (Å²) in [5.74, 6) is 0.750. The van der Waals surface area contributed by atoms with Crippen LogP contribution in [0.3, 0.4) is 0 Å². The topological polar surface area (TPSA) is 53.7 Å². The van der Waals surface area contributed by atoms with Crippen LogP contribution in [-0.4, -0.2) is 30.0 Å². The van der Waals surface area contributed by atoms with Crippen molar-refractivity contribution in [2.75, 3.05) is 27.1 Å². The fourth-order valence-corrected chi connectivity index (χ4v) is 3.31. The van der Waals surface area contributed by atoms with E-state index in [1.807, 2.05) is 5.68 Å². The molecule has 0 aliphatic rings. The van der Waals surface area contributed by atoms with E-state index >= 15 is 0 Å². The number of methoxy groups -OCH3 is 2. The van der Waals surface area contributed by atoms with E-state index in [9.17, 15) is 0 Å². The zero-order valence-electron chi connectivity index (χ0n) is 10.3. The summed E-state index contributed by atoms with van der Waals surface area (Å²) in [7, 11) is 3.62.